The van der Waals surface area contributed by atoms with Gasteiger partial charge >= 0.3 is 0 Å². The van der Waals surface area contributed by atoms with Gasteiger partial charge in [0.05, 0.1) is 16.9 Å². The van der Waals surface area contributed by atoms with Crippen LogP contribution < -0.4 is 0 Å². The van der Waals surface area contributed by atoms with Crippen LogP contribution in [-0.4, -0.2) is 35.1 Å². The Morgan fingerprint density at radius 2 is 2.05 bits per heavy atom. The number of rotatable bonds is 6. The van der Waals surface area contributed by atoms with Crippen LogP contribution >= 0.6 is 11.6 Å². The van der Waals surface area contributed by atoms with E-state index in [2.05, 4.69) is 60.6 Å². The average molecular weight is 294 g/mol. The minimum atomic E-state index is 0.466. The van der Waals surface area contributed by atoms with Gasteiger partial charge in [-0.3, -0.25) is 0 Å². The normalized spacial score (nSPS) is 11.9. The predicted octanol–water partition coefficient (Wildman–Crippen LogP) is 3.85. The Morgan fingerprint density at radius 3 is 2.65 bits per heavy atom. The third kappa shape index (κ3) is 3.33. The Kier molecular flexibility index (Phi) is 5.06. The first kappa shape index (κ1) is 15.3. The lowest BCUT2D eigenvalue weighted by Gasteiger charge is -2.12. The third-order valence-electron chi connectivity index (χ3n) is 3.62. The molecule has 0 aliphatic carbocycles. The van der Waals surface area contributed by atoms with Gasteiger partial charge in [0.25, 0.3) is 0 Å². The highest BCUT2D eigenvalue weighted by atomic mass is 35.5. The number of aryl methyl sites for hydroxylation is 1. The van der Waals surface area contributed by atoms with Crippen molar-refractivity contribution in [3.63, 3.8) is 0 Å². The fraction of sp³-hybridized carbons (Fsp3) is 0.562. The van der Waals surface area contributed by atoms with Gasteiger partial charge in [-0.05, 0) is 50.7 Å². The zero-order chi connectivity index (χ0) is 14.7. The first-order chi connectivity index (χ1) is 9.52. The van der Waals surface area contributed by atoms with Gasteiger partial charge in [0.15, 0.2) is 0 Å². The molecule has 0 saturated heterocycles. The van der Waals surface area contributed by atoms with Crippen LogP contribution in [0.4, 0.5) is 0 Å². The average Bonchev–Trinajstić information content (AvgIpc) is 2.75. The molecule has 0 saturated carbocycles. The lowest BCUT2D eigenvalue weighted by atomic mass is 10.0. The van der Waals surface area contributed by atoms with E-state index in [4.69, 9.17) is 11.6 Å². The second-order valence-electron chi connectivity index (χ2n) is 5.87. The minimum Gasteiger partial charge on any atom is -0.327 e. The number of imidazole rings is 1. The smallest absolute Gasteiger partial charge is 0.124 e. The van der Waals surface area contributed by atoms with E-state index in [1.165, 1.54) is 11.1 Å². The van der Waals surface area contributed by atoms with Crippen LogP contribution in [0.2, 0.25) is 0 Å². The van der Waals surface area contributed by atoms with Crippen molar-refractivity contribution in [2.24, 2.45) is 0 Å². The molecule has 0 aliphatic heterocycles. The second-order valence-corrected chi connectivity index (χ2v) is 6.14. The number of fused-ring (bicyclic) bond motifs is 1. The Balaban J connectivity index is 2.32. The van der Waals surface area contributed by atoms with Crippen molar-refractivity contribution in [1.29, 1.82) is 0 Å². The fourth-order valence-corrected chi connectivity index (χ4v) is 2.66. The molecule has 0 unspecified atom stereocenters. The first-order valence-corrected chi connectivity index (χ1v) is 7.76. The van der Waals surface area contributed by atoms with E-state index in [0.717, 1.165) is 30.9 Å². The monoisotopic (exact) mass is 293 g/mol. The van der Waals surface area contributed by atoms with E-state index in [9.17, 15) is 0 Å². The summed E-state index contributed by atoms with van der Waals surface area (Å²) in [4.78, 5) is 6.89. The van der Waals surface area contributed by atoms with Crippen molar-refractivity contribution >= 4 is 22.6 Å². The van der Waals surface area contributed by atoms with E-state index in [1.807, 2.05) is 0 Å². The summed E-state index contributed by atoms with van der Waals surface area (Å²) in [6.45, 7) is 6.46. The van der Waals surface area contributed by atoms with E-state index < -0.39 is 0 Å². The van der Waals surface area contributed by atoms with Gasteiger partial charge in [0, 0.05) is 6.54 Å². The second kappa shape index (κ2) is 6.59. The molecular weight excluding hydrogens is 270 g/mol. The van der Waals surface area contributed by atoms with Gasteiger partial charge < -0.3 is 9.47 Å². The van der Waals surface area contributed by atoms with Crippen LogP contribution in [0.25, 0.3) is 11.0 Å². The maximum atomic E-state index is 6.05. The predicted molar refractivity (Wildman–Crippen MR) is 86.6 cm³/mol. The molecule has 0 radical (unpaired) electrons. The molecule has 0 fully saturated rings. The molecule has 0 atom stereocenters. The number of hydrogen-bond acceptors (Lipinski definition) is 2. The van der Waals surface area contributed by atoms with Crippen molar-refractivity contribution in [3.05, 3.63) is 29.6 Å². The van der Waals surface area contributed by atoms with Crippen LogP contribution in [0, 0.1) is 0 Å². The van der Waals surface area contributed by atoms with Gasteiger partial charge in [0.2, 0.25) is 0 Å². The number of nitrogens with zero attached hydrogens (tertiary/aromatic N) is 3. The summed E-state index contributed by atoms with van der Waals surface area (Å²) in [5.41, 5.74) is 3.59. The van der Waals surface area contributed by atoms with E-state index in [1.54, 1.807) is 0 Å². The van der Waals surface area contributed by atoms with Crippen molar-refractivity contribution in [3.8, 4) is 0 Å². The summed E-state index contributed by atoms with van der Waals surface area (Å²) in [6, 6.07) is 6.58. The number of hydrogen-bond donors (Lipinski definition) is 0. The molecule has 0 aliphatic rings. The fourth-order valence-electron chi connectivity index (χ4n) is 2.45. The summed E-state index contributed by atoms with van der Waals surface area (Å²) >= 11 is 6.05. The van der Waals surface area contributed by atoms with Crippen LogP contribution in [-0.2, 0) is 12.4 Å². The molecule has 2 rings (SSSR count). The summed E-state index contributed by atoms with van der Waals surface area (Å²) in [5.74, 6) is 1.97. The molecule has 3 nitrogen and oxygen atoms in total. The molecule has 0 spiro atoms. The maximum Gasteiger partial charge on any atom is 0.124 e. The summed E-state index contributed by atoms with van der Waals surface area (Å²) < 4.78 is 2.26. The molecular formula is C16H24ClN3. The standard InChI is InChI=1S/C16H24ClN3/c1-12(2)13-6-7-15-14(10-13)18-16(11-17)20(15)9-5-8-19(3)4/h6-7,10,12H,5,8-9,11H2,1-4H3. The van der Waals surface area contributed by atoms with Gasteiger partial charge in [-0.25, -0.2) is 4.98 Å². The molecule has 1 aromatic carbocycles. The van der Waals surface area contributed by atoms with Gasteiger partial charge in [-0.1, -0.05) is 19.9 Å². The van der Waals surface area contributed by atoms with Gasteiger partial charge in [-0.2, -0.15) is 0 Å². The van der Waals surface area contributed by atoms with Gasteiger partial charge in [-0.15, -0.1) is 11.6 Å². The Bertz CT molecular complexity index is 572. The van der Waals surface area contributed by atoms with Gasteiger partial charge in [0.1, 0.15) is 5.82 Å². The van der Waals surface area contributed by atoms with Crippen LogP contribution in [0.1, 0.15) is 37.6 Å². The summed E-state index contributed by atoms with van der Waals surface area (Å²) in [5, 5.41) is 0. The maximum absolute atomic E-state index is 6.05. The number of aromatic nitrogens is 2. The Morgan fingerprint density at radius 1 is 1.30 bits per heavy atom. The van der Waals surface area contributed by atoms with Crippen LogP contribution in [0.15, 0.2) is 18.2 Å². The van der Waals surface area contributed by atoms with E-state index >= 15 is 0 Å². The lowest BCUT2D eigenvalue weighted by molar-refractivity contribution is 0.386. The summed E-state index contributed by atoms with van der Waals surface area (Å²) in [6.07, 6.45) is 1.11. The first-order valence-electron chi connectivity index (χ1n) is 7.22. The molecule has 0 amide bonds. The Labute approximate surface area is 126 Å². The van der Waals surface area contributed by atoms with Crippen molar-refractivity contribution in [1.82, 2.24) is 14.5 Å². The highest BCUT2D eigenvalue weighted by Gasteiger charge is 2.11. The Hall–Kier alpha value is -1.06. The highest BCUT2D eigenvalue weighted by Crippen LogP contribution is 2.23. The highest BCUT2D eigenvalue weighted by molar-refractivity contribution is 6.16. The molecule has 20 heavy (non-hydrogen) atoms. The van der Waals surface area contributed by atoms with Crippen LogP contribution in [0.5, 0.6) is 0 Å². The van der Waals surface area contributed by atoms with Crippen LogP contribution in [0.3, 0.4) is 0 Å². The SMILES string of the molecule is CC(C)c1ccc2c(c1)nc(CCl)n2CCCN(C)C. The molecule has 110 valence electrons. The van der Waals surface area contributed by atoms with Crippen molar-refractivity contribution in [2.75, 3.05) is 20.6 Å². The molecule has 2 aromatic rings. The molecule has 0 bridgehead atoms. The zero-order valence-electron chi connectivity index (χ0n) is 12.9. The largest absolute Gasteiger partial charge is 0.327 e. The third-order valence-corrected chi connectivity index (χ3v) is 3.86. The number of alkyl halides is 1. The number of halogens is 1. The number of benzene rings is 1. The molecule has 1 aromatic heterocycles. The summed E-state index contributed by atoms with van der Waals surface area (Å²) in [7, 11) is 4.20. The minimum absolute atomic E-state index is 0.466. The molecule has 1 heterocycles. The van der Waals surface area contributed by atoms with Crippen molar-refractivity contribution in [2.45, 2.75) is 38.6 Å². The zero-order valence-corrected chi connectivity index (χ0v) is 13.6. The van der Waals surface area contributed by atoms with E-state index in [0.29, 0.717) is 11.8 Å². The van der Waals surface area contributed by atoms with Crippen molar-refractivity contribution < 1.29 is 0 Å². The topological polar surface area (TPSA) is 21.1 Å². The van der Waals surface area contributed by atoms with E-state index in [-0.39, 0.29) is 0 Å². The lowest BCUT2D eigenvalue weighted by Crippen LogP contribution is -2.15. The quantitative estimate of drug-likeness (QED) is 0.754. The molecule has 0 N–H and O–H groups in total. The molecule has 4 heteroatoms.